The predicted molar refractivity (Wildman–Crippen MR) is 108 cm³/mol. The van der Waals surface area contributed by atoms with Gasteiger partial charge < -0.3 is 25.0 Å². The Hall–Kier alpha value is -2.28. The zero-order valence-electron chi connectivity index (χ0n) is 16.3. The lowest BCUT2D eigenvalue weighted by Crippen LogP contribution is -2.36. The third-order valence-corrected chi connectivity index (χ3v) is 5.51. The highest BCUT2D eigenvalue weighted by molar-refractivity contribution is 5.93. The number of piperidine rings is 2. The average Bonchev–Trinajstić information content (AvgIpc) is 2.73. The van der Waals surface area contributed by atoms with Crippen LogP contribution in [0, 0.1) is 0 Å². The first kappa shape index (κ1) is 18.1. The molecule has 146 valence electrons. The number of fused-ring (bicyclic) bond motifs is 1. The van der Waals surface area contributed by atoms with Crippen LogP contribution >= 0.6 is 0 Å². The van der Waals surface area contributed by atoms with Crippen molar-refractivity contribution < 1.29 is 9.47 Å². The number of anilines is 2. The second-order valence-electron chi connectivity index (χ2n) is 7.31. The van der Waals surface area contributed by atoms with E-state index >= 15 is 0 Å². The number of nitrogens with zero attached hydrogens (tertiary/aromatic N) is 3. The van der Waals surface area contributed by atoms with Crippen LogP contribution in [-0.4, -0.2) is 56.4 Å². The zero-order valence-corrected chi connectivity index (χ0v) is 16.3. The summed E-state index contributed by atoms with van der Waals surface area (Å²) in [5.74, 6) is 3.12. The first-order chi connectivity index (χ1) is 13.3. The molecular weight excluding hydrogens is 342 g/mol. The van der Waals surface area contributed by atoms with E-state index in [1.807, 2.05) is 12.1 Å². The van der Waals surface area contributed by atoms with Crippen molar-refractivity contribution in [2.45, 2.75) is 38.1 Å². The summed E-state index contributed by atoms with van der Waals surface area (Å²) < 4.78 is 11.0. The molecule has 4 rings (SSSR count). The van der Waals surface area contributed by atoms with Crippen molar-refractivity contribution in [1.82, 2.24) is 15.3 Å². The molecule has 0 saturated carbocycles. The van der Waals surface area contributed by atoms with Crippen LogP contribution in [0.25, 0.3) is 10.9 Å². The average molecular weight is 371 g/mol. The Bertz CT molecular complexity index is 786. The summed E-state index contributed by atoms with van der Waals surface area (Å²) in [6.07, 6.45) is 5.88. The highest BCUT2D eigenvalue weighted by Gasteiger charge is 2.21. The van der Waals surface area contributed by atoms with E-state index in [1.54, 1.807) is 14.2 Å². The summed E-state index contributed by atoms with van der Waals surface area (Å²) in [5.41, 5.74) is 0.889. The van der Waals surface area contributed by atoms with Gasteiger partial charge in [-0.2, -0.15) is 4.98 Å². The van der Waals surface area contributed by atoms with Crippen molar-refractivity contribution in [2.24, 2.45) is 0 Å². The fourth-order valence-corrected chi connectivity index (χ4v) is 4.00. The van der Waals surface area contributed by atoms with E-state index in [-0.39, 0.29) is 0 Å². The van der Waals surface area contributed by atoms with E-state index < -0.39 is 0 Å². The first-order valence-corrected chi connectivity index (χ1v) is 9.94. The van der Waals surface area contributed by atoms with E-state index in [0.717, 1.165) is 55.7 Å². The number of nitrogens with one attached hydrogen (secondary N) is 2. The Balaban J connectivity index is 1.76. The van der Waals surface area contributed by atoms with Gasteiger partial charge in [-0.05, 0) is 51.3 Å². The monoisotopic (exact) mass is 371 g/mol. The van der Waals surface area contributed by atoms with Gasteiger partial charge in [0.2, 0.25) is 5.95 Å². The number of aromatic nitrogens is 2. The number of benzene rings is 1. The molecule has 0 spiro atoms. The Morgan fingerprint density at radius 3 is 2.41 bits per heavy atom. The van der Waals surface area contributed by atoms with Crippen LogP contribution in [0.2, 0.25) is 0 Å². The standard InChI is InChI=1S/C20H29N5O2/c1-26-17-12-15-16(13-18(17)27-2)23-20(22-14-6-8-21-9-7-14)24-19(15)25-10-4-3-5-11-25/h12-14,21H,3-11H2,1-2H3,(H,22,23,24). The number of hydrogen-bond donors (Lipinski definition) is 2. The number of ether oxygens (including phenoxy) is 2. The zero-order chi connectivity index (χ0) is 18.6. The molecule has 7 nitrogen and oxygen atoms in total. The SMILES string of the molecule is COc1cc2nc(NC3CCNCC3)nc(N3CCCCC3)c2cc1OC. The van der Waals surface area contributed by atoms with Crippen LogP contribution in [0.1, 0.15) is 32.1 Å². The Labute approximate surface area is 160 Å². The fourth-order valence-electron chi connectivity index (χ4n) is 4.00. The Kier molecular flexibility index (Phi) is 5.48. The largest absolute Gasteiger partial charge is 0.493 e. The highest BCUT2D eigenvalue weighted by Crippen LogP contribution is 2.36. The van der Waals surface area contributed by atoms with Crippen molar-refractivity contribution in [1.29, 1.82) is 0 Å². The molecule has 0 bridgehead atoms. The normalized spacial score (nSPS) is 18.5. The quantitative estimate of drug-likeness (QED) is 0.837. The van der Waals surface area contributed by atoms with E-state index in [0.29, 0.717) is 23.5 Å². The lowest BCUT2D eigenvalue weighted by Gasteiger charge is -2.30. The summed E-state index contributed by atoms with van der Waals surface area (Å²) in [6, 6.07) is 4.38. The number of methoxy groups -OCH3 is 2. The Morgan fingerprint density at radius 1 is 1.00 bits per heavy atom. The lowest BCUT2D eigenvalue weighted by molar-refractivity contribution is 0.356. The molecule has 2 aliphatic heterocycles. The summed E-state index contributed by atoms with van der Waals surface area (Å²) in [6.45, 7) is 4.14. The number of hydrogen-bond acceptors (Lipinski definition) is 7. The second-order valence-corrected chi connectivity index (χ2v) is 7.31. The van der Waals surface area contributed by atoms with Crippen molar-refractivity contribution in [2.75, 3.05) is 50.6 Å². The van der Waals surface area contributed by atoms with Crippen LogP contribution in [0.3, 0.4) is 0 Å². The molecule has 3 heterocycles. The van der Waals surface area contributed by atoms with Crippen molar-refractivity contribution in [3.8, 4) is 11.5 Å². The van der Waals surface area contributed by atoms with Gasteiger partial charge in [0.15, 0.2) is 11.5 Å². The van der Waals surface area contributed by atoms with E-state index in [1.165, 1.54) is 19.3 Å². The van der Waals surface area contributed by atoms with E-state index in [4.69, 9.17) is 19.4 Å². The van der Waals surface area contributed by atoms with Gasteiger partial charge in [0.1, 0.15) is 5.82 Å². The van der Waals surface area contributed by atoms with Crippen molar-refractivity contribution >= 4 is 22.7 Å². The molecule has 2 N–H and O–H groups in total. The smallest absolute Gasteiger partial charge is 0.225 e. The molecule has 7 heteroatoms. The third-order valence-electron chi connectivity index (χ3n) is 5.51. The summed E-state index contributed by atoms with van der Waals surface area (Å²) in [7, 11) is 3.32. The van der Waals surface area contributed by atoms with Crippen LogP contribution in [0.15, 0.2) is 12.1 Å². The summed E-state index contributed by atoms with van der Waals surface area (Å²) >= 11 is 0. The van der Waals surface area contributed by atoms with Gasteiger partial charge in [-0.15, -0.1) is 0 Å². The minimum Gasteiger partial charge on any atom is -0.493 e. The first-order valence-electron chi connectivity index (χ1n) is 9.94. The van der Waals surface area contributed by atoms with Crippen LogP contribution in [-0.2, 0) is 0 Å². The molecular formula is C20H29N5O2. The fraction of sp³-hybridized carbons (Fsp3) is 0.600. The maximum absolute atomic E-state index is 5.52. The molecule has 0 radical (unpaired) electrons. The maximum Gasteiger partial charge on any atom is 0.225 e. The number of rotatable bonds is 5. The molecule has 2 saturated heterocycles. The summed E-state index contributed by atoms with van der Waals surface area (Å²) in [4.78, 5) is 12.1. The molecule has 0 unspecified atom stereocenters. The van der Waals surface area contributed by atoms with Gasteiger partial charge in [-0.3, -0.25) is 0 Å². The minimum absolute atomic E-state index is 0.415. The van der Waals surface area contributed by atoms with Gasteiger partial charge in [0.25, 0.3) is 0 Å². The molecule has 0 amide bonds. The molecule has 1 aromatic carbocycles. The molecule has 2 aliphatic rings. The van der Waals surface area contributed by atoms with Gasteiger partial charge in [0, 0.05) is 30.6 Å². The van der Waals surface area contributed by atoms with Gasteiger partial charge in [-0.25, -0.2) is 4.98 Å². The minimum atomic E-state index is 0.415. The second kappa shape index (κ2) is 8.17. The topological polar surface area (TPSA) is 71.5 Å². The highest BCUT2D eigenvalue weighted by atomic mass is 16.5. The summed E-state index contributed by atoms with van der Waals surface area (Å²) in [5, 5.41) is 7.98. The molecule has 1 aromatic heterocycles. The maximum atomic E-state index is 5.52. The molecule has 27 heavy (non-hydrogen) atoms. The van der Waals surface area contributed by atoms with Crippen molar-refractivity contribution in [3.63, 3.8) is 0 Å². The molecule has 0 aliphatic carbocycles. The van der Waals surface area contributed by atoms with Gasteiger partial charge >= 0.3 is 0 Å². The lowest BCUT2D eigenvalue weighted by atomic mass is 10.1. The van der Waals surface area contributed by atoms with Crippen LogP contribution in [0.5, 0.6) is 11.5 Å². The van der Waals surface area contributed by atoms with E-state index in [9.17, 15) is 0 Å². The van der Waals surface area contributed by atoms with Crippen molar-refractivity contribution in [3.05, 3.63) is 12.1 Å². The molecule has 0 atom stereocenters. The van der Waals surface area contributed by atoms with Crippen LogP contribution in [0.4, 0.5) is 11.8 Å². The molecule has 2 aromatic rings. The predicted octanol–water partition coefficient (Wildman–Crippen LogP) is 2.80. The Morgan fingerprint density at radius 2 is 1.70 bits per heavy atom. The van der Waals surface area contributed by atoms with Crippen LogP contribution < -0.4 is 25.0 Å². The van der Waals surface area contributed by atoms with E-state index in [2.05, 4.69) is 15.5 Å². The van der Waals surface area contributed by atoms with Gasteiger partial charge in [0.05, 0.1) is 19.7 Å². The van der Waals surface area contributed by atoms with Gasteiger partial charge in [-0.1, -0.05) is 0 Å². The third kappa shape index (κ3) is 3.88. The molecule has 2 fully saturated rings.